The lowest BCUT2D eigenvalue weighted by molar-refractivity contribution is -0.140. The Labute approximate surface area is 234 Å². The number of thioether (sulfide) groups is 1. The number of aromatic nitrogens is 1. The van der Waals surface area contributed by atoms with Crippen molar-refractivity contribution in [2.24, 2.45) is 16.6 Å². The first kappa shape index (κ1) is 27.8. The number of nitrogens with zero attached hydrogens (tertiary/aromatic N) is 4. The molecule has 0 radical (unpaired) electrons. The molecule has 4 aliphatic rings. The number of alkyl halides is 2. The van der Waals surface area contributed by atoms with Crippen LogP contribution in [-0.4, -0.2) is 76.1 Å². The molecule has 1 saturated heterocycles. The van der Waals surface area contributed by atoms with Crippen molar-refractivity contribution in [3.05, 3.63) is 41.0 Å². The predicted molar refractivity (Wildman–Crippen MR) is 148 cm³/mol. The molecule has 210 valence electrons. The van der Waals surface area contributed by atoms with E-state index in [4.69, 9.17) is 15.9 Å². The fourth-order valence-corrected chi connectivity index (χ4v) is 5.19. The van der Waals surface area contributed by atoms with Gasteiger partial charge in [0.15, 0.2) is 5.17 Å². The van der Waals surface area contributed by atoms with Crippen molar-refractivity contribution in [3.63, 3.8) is 0 Å². The minimum absolute atomic E-state index is 0.0286. The minimum Gasteiger partial charge on any atom is -0.494 e. The molecule has 10 nitrogen and oxygen atoms in total. The summed E-state index contributed by atoms with van der Waals surface area (Å²) in [4.78, 5) is 38.2. The Bertz CT molecular complexity index is 1420. The van der Waals surface area contributed by atoms with Gasteiger partial charge in [0.25, 0.3) is 12.3 Å². The Morgan fingerprint density at radius 3 is 2.77 bits per heavy atom. The molecule has 1 aromatic heterocycles. The average molecular weight is 570 g/mol. The van der Waals surface area contributed by atoms with E-state index in [2.05, 4.69) is 32.0 Å². The summed E-state index contributed by atoms with van der Waals surface area (Å²) in [5.74, 6) is 5.83. The van der Waals surface area contributed by atoms with Gasteiger partial charge >= 0.3 is 0 Å². The summed E-state index contributed by atoms with van der Waals surface area (Å²) in [6, 6.07) is 1.17. The Hall–Kier alpha value is -3.76. The van der Waals surface area contributed by atoms with Gasteiger partial charge in [0.05, 0.1) is 13.3 Å². The van der Waals surface area contributed by atoms with Crippen molar-refractivity contribution in [1.82, 2.24) is 20.1 Å². The maximum absolute atomic E-state index is 13.6. The predicted octanol–water partition coefficient (Wildman–Crippen LogP) is 2.50. The number of ether oxygens (including phenoxy) is 1. The lowest BCUT2D eigenvalue weighted by atomic mass is 9.95. The molecular formula is C27H29F2N7O3S. The van der Waals surface area contributed by atoms with Crippen LogP contribution >= 0.6 is 11.8 Å². The number of rotatable bonds is 5. The number of carbonyl (C=O) groups is 2. The molecule has 0 atom stereocenters. The zero-order valence-electron chi connectivity index (χ0n) is 22.1. The van der Waals surface area contributed by atoms with E-state index in [-0.39, 0.29) is 45.1 Å². The van der Waals surface area contributed by atoms with Gasteiger partial charge in [-0.3, -0.25) is 29.8 Å². The van der Waals surface area contributed by atoms with Crippen molar-refractivity contribution in [1.29, 1.82) is 5.41 Å². The van der Waals surface area contributed by atoms with Crippen LogP contribution in [0.5, 0.6) is 5.75 Å². The average Bonchev–Trinajstić information content (AvgIpc) is 3.86. The maximum Gasteiger partial charge on any atom is 0.280 e. The molecule has 2 aliphatic carbocycles. The number of allylic oxidation sites excluding steroid dienone is 2. The molecule has 3 fully saturated rings. The van der Waals surface area contributed by atoms with E-state index < -0.39 is 23.6 Å². The van der Waals surface area contributed by atoms with Gasteiger partial charge in [0.2, 0.25) is 5.91 Å². The highest BCUT2D eigenvalue weighted by atomic mass is 32.2. The summed E-state index contributed by atoms with van der Waals surface area (Å²) in [5, 5.41) is 10.9. The second-order valence-corrected chi connectivity index (χ2v) is 11.1. The molecule has 0 aromatic carbocycles. The molecular weight excluding hydrogens is 540 g/mol. The summed E-state index contributed by atoms with van der Waals surface area (Å²) in [5.41, 5.74) is 5.55. The lowest BCUT2D eigenvalue weighted by Crippen LogP contribution is -2.58. The van der Waals surface area contributed by atoms with Crippen LogP contribution in [0, 0.1) is 23.2 Å². The molecule has 1 aromatic rings. The van der Waals surface area contributed by atoms with E-state index in [1.165, 1.54) is 19.4 Å². The summed E-state index contributed by atoms with van der Waals surface area (Å²) >= 11 is 0.770. The Balaban J connectivity index is 1.52. The SMILES string of the molecule is COc1cnc(C(F)F)cc1C1=C(C(=O)N=C(N)SC(=N)C#CC2CC2)CNC(N2CCN(C)C3(CC3)C2=O)=C1. The van der Waals surface area contributed by atoms with Gasteiger partial charge in [0, 0.05) is 36.7 Å². The van der Waals surface area contributed by atoms with Gasteiger partial charge in [0.1, 0.15) is 27.8 Å². The molecule has 13 heteroatoms. The number of nitrogens with two attached hydrogens (primary N) is 1. The van der Waals surface area contributed by atoms with E-state index in [0.717, 1.165) is 37.4 Å². The second kappa shape index (κ2) is 11.0. The Morgan fingerprint density at radius 2 is 2.12 bits per heavy atom. The number of hydrogen-bond acceptors (Lipinski definition) is 8. The number of likely N-dealkylation sites (N-methyl/N-ethyl adjacent to an activating group) is 1. The van der Waals surface area contributed by atoms with Gasteiger partial charge in [-0.05, 0) is 68.1 Å². The molecule has 4 N–H and O–H groups in total. The van der Waals surface area contributed by atoms with Crippen LogP contribution in [0.3, 0.4) is 0 Å². The number of amidine groups is 1. The summed E-state index contributed by atoms with van der Waals surface area (Å²) in [6.07, 6.45) is 3.47. The number of halogens is 2. The molecule has 2 saturated carbocycles. The number of hydrogen-bond donors (Lipinski definition) is 3. The van der Waals surface area contributed by atoms with Crippen molar-refractivity contribution in [3.8, 4) is 17.6 Å². The fraction of sp³-hybridized carbons (Fsp3) is 0.444. The first-order valence-electron chi connectivity index (χ1n) is 12.8. The van der Waals surface area contributed by atoms with E-state index in [0.29, 0.717) is 24.8 Å². The van der Waals surface area contributed by atoms with Crippen LogP contribution in [-0.2, 0) is 9.59 Å². The maximum atomic E-state index is 13.6. The lowest BCUT2D eigenvalue weighted by Gasteiger charge is -2.41. The molecule has 3 heterocycles. The summed E-state index contributed by atoms with van der Waals surface area (Å²) in [7, 11) is 3.30. The van der Waals surface area contributed by atoms with Crippen molar-refractivity contribution < 1.29 is 23.1 Å². The Kier molecular flexibility index (Phi) is 7.65. The monoisotopic (exact) mass is 569 g/mol. The normalized spacial score (nSPS) is 20.6. The largest absolute Gasteiger partial charge is 0.494 e. The molecule has 2 aliphatic heterocycles. The topological polar surface area (TPSA) is 137 Å². The van der Waals surface area contributed by atoms with Crippen molar-refractivity contribution in [2.75, 3.05) is 33.8 Å². The molecule has 2 amide bonds. The van der Waals surface area contributed by atoms with Crippen LogP contribution in [0.1, 0.15) is 43.4 Å². The quantitative estimate of drug-likeness (QED) is 0.280. The van der Waals surface area contributed by atoms with Crippen LogP contribution in [0.4, 0.5) is 8.78 Å². The molecule has 1 spiro atoms. The van der Waals surface area contributed by atoms with E-state index in [1.807, 2.05) is 7.05 Å². The Morgan fingerprint density at radius 1 is 1.38 bits per heavy atom. The van der Waals surface area contributed by atoms with Crippen molar-refractivity contribution >= 4 is 39.4 Å². The second-order valence-electron chi connectivity index (χ2n) is 10.0. The first-order valence-corrected chi connectivity index (χ1v) is 13.7. The minimum atomic E-state index is -2.85. The highest BCUT2D eigenvalue weighted by Gasteiger charge is 2.57. The van der Waals surface area contributed by atoms with Crippen LogP contribution in [0.2, 0.25) is 0 Å². The summed E-state index contributed by atoms with van der Waals surface area (Å²) < 4.78 is 32.6. The van der Waals surface area contributed by atoms with Gasteiger partial charge in [-0.2, -0.15) is 4.99 Å². The highest BCUT2D eigenvalue weighted by Crippen LogP contribution is 2.45. The number of dihydropyridines is 1. The van der Waals surface area contributed by atoms with E-state index >= 15 is 0 Å². The standard InChI is InChI=1S/C27H29F2N7O3S/c1-35-9-10-36(25(38)27(35)7-8-27)22-12-16(17-11-19(23(28)29)32-14-20(17)39-2)18(13-33-22)24(37)34-26(31)40-21(30)6-5-15-3-4-15/h11-12,14-15,23,30,33H,3-4,7-10,13H2,1-2H3,(H2,31,34,37). The van der Waals surface area contributed by atoms with Crippen LogP contribution in [0.15, 0.2) is 34.7 Å². The zero-order chi connectivity index (χ0) is 28.6. The zero-order valence-corrected chi connectivity index (χ0v) is 22.9. The van der Waals surface area contributed by atoms with Gasteiger partial charge < -0.3 is 15.8 Å². The van der Waals surface area contributed by atoms with E-state index in [1.54, 1.807) is 11.0 Å². The number of aliphatic imine (C=N–C) groups is 1. The number of nitrogens with one attached hydrogen (secondary N) is 2. The van der Waals surface area contributed by atoms with Crippen LogP contribution in [0.25, 0.3) is 5.57 Å². The molecule has 0 unspecified atom stereocenters. The number of pyridine rings is 1. The first-order chi connectivity index (χ1) is 19.1. The number of methoxy groups -OCH3 is 1. The number of carbonyl (C=O) groups excluding carboxylic acids is 2. The third-order valence-electron chi connectivity index (χ3n) is 7.37. The molecule has 5 rings (SSSR count). The summed E-state index contributed by atoms with van der Waals surface area (Å²) in [6.45, 7) is 1.05. The van der Waals surface area contributed by atoms with Gasteiger partial charge in [-0.25, -0.2) is 8.78 Å². The van der Waals surface area contributed by atoms with Crippen molar-refractivity contribution in [2.45, 2.75) is 37.6 Å². The third-order valence-corrected chi connectivity index (χ3v) is 7.97. The fourth-order valence-electron chi connectivity index (χ4n) is 4.74. The van der Waals surface area contributed by atoms with Gasteiger partial charge in [-0.1, -0.05) is 5.92 Å². The number of amides is 2. The molecule has 0 bridgehead atoms. The highest BCUT2D eigenvalue weighted by molar-refractivity contribution is 8.26. The molecule has 40 heavy (non-hydrogen) atoms. The number of piperazine rings is 1. The van der Waals surface area contributed by atoms with E-state index in [9.17, 15) is 18.4 Å². The smallest absolute Gasteiger partial charge is 0.280 e. The van der Waals surface area contributed by atoms with Crippen LogP contribution < -0.4 is 15.8 Å². The third kappa shape index (κ3) is 5.59. The van der Waals surface area contributed by atoms with Gasteiger partial charge in [-0.15, -0.1) is 0 Å².